The van der Waals surface area contributed by atoms with Crippen LogP contribution in [0.3, 0.4) is 0 Å². The molecule has 0 saturated heterocycles. The van der Waals surface area contributed by atoms with E-state index in [0.29, 0.717) is 10.6 Å². The first kappa shape index (κ1) is 18.3. The predicted molar refractivity (Wildman–Crippen MR) is 96.9 cm³/mol. The molecule has 2 aliphatic rings. The number of hydroxylamine groups is 2. The molecule has 0 atom stereocenters. The first-order valence-corrected chi connectivity index (χ1v) is 10.1. The van der Waals surface area contributed by atoms with Gasteiger partial charge in [-0.3, -0.25) is 9.59 Å². The van der Waals surface area contributed by atoms with Crippen molar-refractivity contribution in [2.75, 3.05) is 0 Å². The van der Waals surface area contributed by atoms with E-state index in [-0.39, 0.29) is 27.6 Å². The van der Waals surface area contributed by atoms with Gasteiger partial charge in [-0.05, 0) is 49.6 Å². The Kier molecular flexibility index (Phi) is 4.28. The topological polar surface area (TPSA) is 110 Å². The van der Waals surface area contributed by atoms with Crippen molar-refractivity contribution in [3.05, 3.63) is 64.7 Å². The molecule has 9 heteroatoms. The lowest BCUT2D eigenvalue weighted by molar-refractivity contribution is -0.0585. The molecule has 1 aliphatic heterocycles. The van der Waals surface area contributed by atoms with Crippen LogP contribution in [0.2, 0.25) is 0 Å². The Morgan fingerprint density at radius 1 is 1.07 bits per heavy atom. The highest BCUT2D eigenvalue weighted by atomic mass is 32.2. The zero-order valence-electron chi connectivity index (χ0n) is 14.8. The van der Waals surface area contributed by atoms with Gasteiger partial charge in [0.25, 0.3) is 11.8 Å². The van der Waals surface area contributed by atoms with Gasteiger partial charge in [0.1, 0.15) is 0 Å². The molecule has 28 heavy (non-hydrogen) atoms. The first-order valence-electron chi connectivity index (χ1n) is 8.61. The lowest BCUT2D eigenvalue weighted by Crippen LogP contribution is -2.33. The van der Waals surface area contributed by atoms with E-state index < -0.39 is 27.8 Å². The van der Waals surface area contributed by atoms with Crippen LogP contribution in [0.4, 0.5) is 0 Å². The van der Waals surface area contributed by atoms with E-state index in [1.54, 1.807) is 19.1 Å². The van der Waals surface area contributed by atoms with E-state index in [9.17, 15) is 22.8 Å². The number of amides is 2. The van der Waals surface area contributed by atoms with Crippen LogP contribution in [-0.2, 0) is 14.9 Å². The number of benzene rings is 2. The predicted octanol–water partition coefficient (Wildman–Crippen LogP) is 1.80. The van der Waals surface area contributed by atoms with Crippen molar-refractivity contribution in [3.63, 3.8) is 0 Å². The van der Waals surface area contributed by atoms with Crippen LogP contribution in [0.5, 0.6) is 0 Å². The van der Waals surface area contributed by atoms with E-state index in [2.05, 4.69) is 4.72 Å². The van der Waals surface area contributed by atoms with Crippen LogP contribution in [0.1, 0.15) is 49.5 Å². The summed E-state index contributed by atoms with van der Waals surface area (Å²) in [7, 11) is -3.77. The normalized spacial score (nSPS) is 16.2. The van der Waals surface area contributed by atoms with Crippen molar-refractivity contribution >= 4 is 27.8 Å². The maximum Gasteiger partial charge on any atom is 0.364 e. The van der Waals surface area contributed by atoms with Gasteiger partial charge in [-0.2, -0.15) is 0 Å². The lowest BCUT2D eigenvalue weighted by Gasteiger charge is -2.14. The average molecular weight is 400 g/mol. The number of sulfonamides is 1. The summed E-state index contributed by atoms with van der Waals surface area (Å²) in [4.78, 5) is 42.2. The minimum Gasteiger partial charge on any atom is -0.324 e. The van der Waals surface area contributed by atoms with E-state index in [4.69, 9.17) is 4.84 Å². The second-order valence-electron chi connectivity index (χ2n) is 6.70. The Hall–Kier alpha value is -3.04. The molecule has 8 nitrogen and oxygen atoms in total. The lowest BCUT2D eigenvalue weighted by atomic mass is 10.1. The monoisotopic (exact) mass is 400 g/mol. The Bertz CT molecular complexity index is 1090. The Balaban J connectivity index is 1.60. The Morgan fingerprint density at radius 3 is 2.25 bits per heavy atom. The summed E-state index contributed by atoms with van der Waals surface area (Å²) in [6.45, 7) is 1.60. The smallest absolute Gasteiger partial charge is 0.324 e. The number of nitrogens with zero attached hydrogens (tertiary/aromatic N) is 1. The van der Waals surface area contributed by atoms with Gasteiger partial charge >= 0.3 is 5.97 Å². The summed E-state index contributed by atoms with van der Waals surface area (Å²) >= 11 is 0. The maximum atomic E-state index is 12.6. The fourth-order valence-electron chi connectivity index (χ4n) is 2.86. The summed E-state index contributed by atoms with van der Waals surface area (Å²) in [5.41, 5.74) is 0.686. The van der Waals surface area contributed by atoms with E-state index >= 15 is 0 Å². The molecule has 0 spiro atoms. The molecular formula is C19H16N2O6S. The summed E-state index contributed by atoms with van der Waals surface area (Å²) in [5, 5.41) is 0.399. The number of rotatable bonds is 5. The number of fused-ring (bicyclic) bond motifs is 1. The summed E-state index contributed by atoms with van der Waals surface area (Å²) in [6, 6.07) is 10.1. The van der Waals surface area contributed by atoms with Crippen molar-refractivity contribution in [1.82, 2.24) is 9.79 Å². The van der Waals surface area contributed by atoms with Gasteiger partial charge in [0.2, 0.25) is 10.0 Å². The van der Waals surface area contributed by atoms with Crippen LogP contribution in [-0.4, -0.2) is 37.3 Å². The van der Waals surface area contributed by atoms with Crippen molar-refractivity contribution < 1.29 is 27.6 Å². The minimum atomic E-state index is -3.77. The molecule has 1 fully saturated rings. The molecule has 0 aromatic heterocycles. The number of nitrogens with one attached hydrogen (secondary N) is 1. The second kappa shape index (κ2) is 6.54. The molecule has 2 amide bonds. The van der Waals surface area contributed by atoms with Crippen LogP contribution >= 0.6 is 0 Å². The number of carbonyl (C=O) groups is 3. The van der Waals surface area contributed by atoms with Gasteiger partial charge < -0.3 is 4.84 Å². The van der Waals surface area contributed by atoms with Crippen molar-refractivity contribution in [3.8, 4) is 0 Å². The molecule has 2 aromatic carbocycles. The largest absolute Gasteiger partial charge is 0.364 e. The average Bonchev–Trinajstić information content (AvgIpc) is 3.44. The van der Waals surface area contributed by atoms with Gasteiger partial charge in [0.15, 0.2) is 0 Å². The standard InChI is InChI=1S/C19H16N2O6S/c1-11-6-9-13(28(25,26)20-12-7-8-12)10-16(11)19(24)27-21-17(22)14-4-2-3-5-15(14)18(21)23/h2-6,9-10,12,20H,7-8H2,1H3. The number of carbonyl (C=O) groups excluding carboxylic acids is 3. The molecule has 0 unspecified atom stereocenters. The fraction of sp³-hybridized carbons (Fsp3) is 0.211. The van der Waals surface area contributed by atoms with E-state index in [1.807, 2.05) is 0 Å². The van der Waals surface area contributed by atoms with Crippen LogP contribution in [0, 0.1) is 6.92 Å². The van der Waals surface area contributed by atoms with Gasteiger partial charge in [-0.1, -0.05) is 23.3 Å². The quantitative estimate of drug-likeness (QED) is 0.767. The van der Waals surface area contributed by atoms with Crippen LogP contribution in [0.25, 0.3) is 0 Å². The highest BCUT2D eigenvalue weighted by molar-refractivity contribution is 7.89. The van der Waals surface area contributed by atoms with Gasteiger partial charge in [-0.15, -0.1) is 0 Å². The molecule has 0 radical (unpaired) electrons. The molecule has 4 rings (SSSR count). The summed E-state index contributed by atoms with van der Waals surface area (Å²) in [6.07, 6.45) is 1.56. The fourth-order valence-corrected chi connectivity index (χ4v) is 4.19. The number of hydrogen-bond donors (Lipinski definition) is 1. The highest BCUT2D eigenvalue weighted by Crippen LogP contribution is 2.26. The molecule has 1 heterocycles. The number of aryl methyl sites for hydroxylation is 1. The molecule has 1 saturated carbocycles. The van der Waals surface area contributed by atoms with E-state index in [1.165, 1.54) is 30.3 Å². The molecular weight excluding hydrogens is 384 g/mol. The van der Waals surface area contributed by atoms with Gasteiger partial charge in [0, 0.05) is 6.04 Å². The SMILES string of the molecule is Cc1ccc(S(=O)(=O)NC2CC2)cc1C(=O)ON1C(=O)c2ccccc2C1=O. The van der Waals surface area contributed by atoms with Crippen molar-refractivity contribution in [2.45, 2.75) is 30.7 Å². The third-order valence-corrected chi connectivity index (χ3v) is 6.09. The third-order valence-electron chi connectivity index (χ3n) is 4.57. The zero-order chi connectivity index (χ0) is 20.1. The van der Waals surface area contributed by atoms with Gasteiger partial charge in [-0.25, -0.2) is 17.9 Å². The molecule has 144 valence electrons. The molecule has 2 aromatic rings. The Morgan fingerprint density at radius 2 is 1.68 bits per heavy atom. The van der Waals surface area contributed by atoms with Crippen LogP contribution < -0.4 is 4.72 Å². The molecule has 0 bridgehead atoms. The molecule has 1 aliphatic carbocycles. The highest BCUT2D eigenvalue weighted by Gasteiger charge is 2.39. The van der Waals surface area contributed by atoms with Crippen LogP contribution in [0.15, 0.2) is 47.4 Å². The second-order valence-corrected chi connectivity index (χ2v) is 8.42. The van der Waals surface area contributed by atoms with Crippen molar-refractivity contribution in [2.24, 2.45) is 0 Å². The summed E-state index contributed by atoms with van der Waals surface area (Å²) in [5.74, 6) is -2.48. The third kappa shape index (κ3) is 3.19. The van der Waals surface area contributed by atoms with E-state index in [0.717, 1.165) is 12.8 Å². The molecule has 1 N–H and O–H groups in total. The van der Waals surface area contributed by atoms with Gasteiger partial charge in [0.05, 0.1) is 21.6 Å². The number of imide groups is 1. The zero-order valence-corrected chi connectivity index (χ0v) is 15.7. The first-order chi connectivity index (χ1) is 13.3. The Labute approximate surface area is 161 Å². The minimum absolute atomic E-state index is 0.0461. The maximum absolute atomic E-state index is 12.6. The van der Waals surface area contributed by atoms with Crippen molar-refractivity contribution in [1.29, 1.82) is 0 Å². The number of hydrogen-bond acceptors (Lipinski definition) is 6. The summed E-state index contributed by atoms with van der Waals surface area (Å²) < 4.78 is 27.3.